The highest BCUT2D eigenvalue weighted by Gasteiger charge is 2.50. The lowest BCUT2D eigenvalue weighted by atomic mass is 9.65. The summed E-state index contributed by atoms with van der Waals surface area (Å²) in [4.78, 5) is 23.1. The van der Waals surface area contributed by atoms with Crippen LogP contribution in [0.5, 0.6) is 0 Å². The lowest BCUT2D eigenvalue weighted by molar-refractivity contribution is -0.143. The van der Waals surface area contributed by atoms with E-state index in [-0.39, 0.29) is 29.4 Å². The quantitative estimate of drug-likeness (QED) is 0.613. The topological polar surface area (TPSA) is 69.4 Å². The molecular weight excluding hydrogens is 309 g/mol. The molecule has 0 heterocycles. The van der Waals surface area contributed by atoms with Gasteiger partial charge in [-0.25, -0.2) is 0 Å². The van der Waals surface area contributed by atoms with Crippen molar-refractivity contribution in [2.24, 2.45) is 17.1 Å². The van der Waals surface area contributed by atoms with E-state index in [2.05, 4.69) is 0 Å². The average molecular weight is 325 g/mol. The first-order valence-electron chi connectivity index (χ1n) is 4.88. The molecule has 4 nitrogen and oxygen atoms in total. The molecule has 0 aromatic rings. The fourth-order valence-electron chi connectivity index (χ4n) is 2.02. The Bertz CT molecular complexity index is 290. The van der Waals surface area contributed by atoms with E-state index < -0.39 is 12.0 Å². The summed E-state index contributed by atoms with van der Waals surface area (Å²) >= 11 is 1.74. The zero-order valence-corrected chi connectivity index (χ0v) is 11.3. The Labute approximate surface area is 104 Å². The van der Waals surface area contributed by atoms with Crippen LogP contribution in [-0.4, -0.2) is 23.7 Å². The van der Waals surface area contributed by atoms with Gasteiger partial charge in [-0.1, -0.05) is 13.8 Å². The maximum Gasteiger partial charge on any atom is 0.147 e. The zero-order valence-electron chi connectivity index (χ0n) is 9.12. The third-order valence-corrected chi connectivity index (χ3v) is 3.84. The lowest BCUT2D eigenvalue weighted by Gasteiger charge is -2.44. The first-order chi connectivity index (χ1) is 6.82. The van der Waals surface area contributed by atoms with Gasteiger partial charge in [0.2, 0.25) is 0 Å². The molecule has 3 unspecified atom stereocenters. The molecule has 86 valence electrons. The number of carbonyl (C=O) groups is 2. The summed E-state index contributed by atoms with van der Waals surface area (Å²) in [6, 6.07) is -0.250. The van der Waals surface area contributed by atoms with Crippen molar-refractivity contribution in [2.75, 3.05) is 0 Å². The van der Waals surface area contributed by atoms with Gasteiger partial charge in [0, 0.05) is 17.9 Å². The van der Waals surface area contributed by atoms with E-state index in [0.717, 1.165) is 0 Å². The first-order valence-corrected chi connectivity index (χ1v) is 5.76. The van der Waals surface area contributed by atoms with E-state index in [0.29, 0.717) is 0 Å². The van der Waals surface area contributed by atoms with Crippen molar-refractivity contribution in [2.45, 2.75) is 39.3 Å². The Morgan fingerprint density at radius 2 is 2.13 bits per heavy atom. The van der Waals surface area contributed by atoms with Crippen LogP contribution in [0.25, 0.3) is 0 Å². The van der Waals surface area contributed by atoms with E-state index in [4.69, 9.17) is 8.80 Å². The molecule has 0 spiro atoms. The summed E-state index contributed by atoms with van der Waals surface area (Å²) < 4.78 is 5.27. The predicted molar refractivity (Wildman–Crippen MR) is 64.4 cm³/mol. The van der Waals surface area contributed by atoms with Crippen molar-refractivity contribution in [3.05, 3.63) is 0 Å². The molecule has 0 bridgehead atoms. The van der Waals surface area contributed by atoms with Gasteiger partial charge in [0.05, 0.1) is 6.10 Å². The minimum absolute atomic E-state index is 0.101. The summed E-state index contributed by atoms with van der Waals surface area (Å²) in [5.74, 6) is -0.894. The Balaban J connectivity index is 3.07. The highest BCUT2D eigenvalue weighted by Crippen LogP contribution is 2.40. The van der Waals surface area contributed by atoms with Crippen molar-refractivity contribution in [1.29, 1.82) is 0 Å². The van der Waals surface area contributed by atoms with Gasteiger partial charge in [0.25, 0.3) is 0 Å². The first kappa shape index (κ1) is 13.1. The van der Waals surface area contributed by atoms with Crippen molar-refractivity contribution >= 4 is 34.6 Å². The second-order valence-corrected chi connectivity index (χ2v) is 5.20. The van der Waals surface area contributed by atoms with Gasteiger partial charge in [-0.05, 0) is 6.92 Å². The predicted octanol–water partition coefficient (Wildman–Crippen LogP) is 1.25. The number of rotatable bonds is 2. The standard InChI is InChI=1S/C10H16INO3/c1-5(13)8-6(14)4-7(12)10(2,3)9(8)15-11/h7-9H,4,12H2,1-3H3. The van der Waals surface area contributed by atoms with Crippen molar-refractivity contribution in [3.8, 4) is 0 Å². The van der Waals surface area contributed by atoms with Gasteiger partial charge < -0.3 is 8.80 Å². The van der Waals surface area contributed by atoms with E-state index >= 15 is 0 Å². The number of hydrogen-bond donors (Lipinski definition) is 1. The minimum atomic E-state index is -0.656. The maximum absolute atomic E-state index is 11.7. The van der Waals surface area contributed by atoms with Crippen molar-refractivity contribution in [3.63, 3.8) is 0 Å². The second-order valence-electron chi connectivity index (χ2n) is 4.70. The van der Waals surface area contributed by atoms with E-state index in [1.807, 2.05) is 13.8 Å². The summed E-state index contributed by atoms with van der Waals surface area (Å²) in [7, 11) is 0. The molecule has 3 atom stereocenters. The van der Waals surface area contributed by atoms with Gasteiger partial charge in [-0.2, -0.15) is 0 Å². The van der Waals surface area contributed by atoms with Gasteiger partial charge in [-0.3, -0.25) is 9.59 Å². The van der Waals surface area contributed by atoms with Crippen LogP contribution in [0, 0.1) is 11.3 Å². The summed E-state index contributed by atoms with van der Waals surface area (Å²) in [5.41, 5.74) is 5.56. The van der Waals surface area contributed by atoms with Crippen LogP contribution in [0.1, 0.15) is 27.2 Å². The van der Waals surface area contributed by atoms with Crippen LogP contribution in [-0.2, 0) is 12.7 Å². The maximum atomic E-state index is 11.7. The number of carbonyl (C=O) groups excluding carboxylic acids is 2. The molecule has 0 amide bonds. The molecule has 0 aliphatic heterocycles. The number of ketones is 2. The third-order valence-electron chi connectivity index (χ3n) is 3.29. The van der Waals surface area contributed by atoms with Crippen molar-refractivity contribution < 1.29 is 12.7 Å². The Morgan fingerprint density at radius 3 is 2.53 bits per heavy atom. The van der Waals surface area contributed by atoms with Crippen LogP contribution < -0.4 is 5.73 Å². The number of nitrogens with two attached hydrogens (primary N) is 1. The van der Waals surface area contributed by atoms with Gasteiger partial charge in [-0.15, -0.1) is 0 Å². The molecular formula is C10H16INO3. The van der Waals surface area contributed by atoms with Crippen LogP contribution in [0.15, 0.2) is 0 Å². The van der Waals surface area contributed by atoms with Crippen LogP contribution in [0.4, 0.5) is 0 Å². The minimum Gasteiger partial charge on any atom is -0.327 e. The van der Waals surface area contributed by atoms with Crippen LogP contribution in [0.3, 0.4) is 0 Å². The SMILES string of the molecule is CC(=O)C1C(=O)CC(N)C(C)(C)C1OI. The molecule has 0 aromatic carbocycles. The Morgan fingerprint density at radius 1 is 1.60 bits per heavy atom. The fourth-order valence-corrected chi connectivity index (χ4v) is 2.97. The molecule has 1 saturated carbocycles. The lowest BCUT2D eigenvalue weighted by Crippen LogP contribution is -2.58. The Kier molecular flexibility index (Phi) is 3.89. The van der Waals surface area contributed by atoms with E-state index in [9.17, 15) is 9.59 Å². The number of halogens is 1. The van der Waals surface area contributed by atoms with Gasteiger partial charge in [0.15, 0.2) is 0 Å². The smallest absolute Gasteiger partial charge is 0.147 e. The molecule has 0 aromatic heterocycles. The molecule has 1 aliphatic carbocycles. The van der Waals surface area contributed by atoms with E-state index in [1.54, 1.807) is 23.0 Å². The number of Topliss-reactive ketones (excluding diaryl/α,β-unsaturated/α-hetero) is 2. The number of hydrogen-bond acceptors (Lipinski definition) is 4. The average Bonchev–Trinajstić information content (AvgIpc) is 2.10. The normalized spacial score (nSPS) is 35.3. The molecule has 0 radical (unpaired) electrons. The fraction of sp³-hybridized carbons (Fsp3) is 0.800. The summed E-state index contributed by atoms with van der Waals surface area (Å²) in [5, 5.41) is 0. The molecule has 2 N–H and O–H groups in total. The second kappa shape index (κ2) is 4.47. The molecule has 0 saturated heterocycles. The highest BCUT2D eigenvalue weighted by atomic mass is 127. The largest absolute Gasteiger partial charge is 0.327 e. The summed E-state index contributed by atoms with van der Waals surface area (Å²) in [6.07, 6.45) is -0.167. The van der Waals surface area contributed by atoms with Crippen LogP contribution in [0.2, 0.25) is 0 Å². The summed E-state index contributed by atoms with van der Waals surface area (Å²) in [6.45, 7) is 5.30. The molecule has 15 heavy (non-hydrogen) atoms. The monoisotopic (exact) mass is 325 g/mol. The molecule has 1 rings (SSSR count). The highest BCUT2D eigenvalue weighted by molar-refractivity contribution is 14.1. The van der Waals surface area contributed by atoms with Gasteiger partial charge >= 0.3 is 0 Å². The molecule has 1 fully saturated rings. The van der Waals surface area contributed by atoms with Crippen LogP contribution >= 0.6 is 23.0 Å². The third kappa shape index (κ3) is 2.24. The molecule has 5 heteroatoms. The van der Waals surface area contributed by atoms with E-state index in [1.165, 1.54) is 6.92 Å². The van der Waals surface area contributed by atoms with Gasteiger partial charge in [0.1, 0.15) is 40.5 Å². The Hall–Kier alpha value is -0.0100. The van der Waals surface area contributed by atoms with Crippen molar-refractivity contribution in [1.82, 2.24) is 0 Å². The zero-order chi connectivity index (χ0) is 11.8. The molecule has 1 aliphatic rings.